The smallest absolute Gasteiger partial charge is 0.339 e. The fourth-order valence-electron chi connectivity index (χ4n) is 4.78. The van der Waals surface area contributed by atoms with Gasteiger partial charge in [0.15, 0.2) is 23.1 Å². The summed E-state index contributed by atoms with van der Waals surface area (Å²) in [7, 11) is -6.10. The molecule has 5 rings (SSSR count). The van der Waals surface area contributed by atoms with Gasteiger partial charge in [0.05, 0.1) is 25.3 Å². The lowest BCUT2D eigenvalue weighted by Crippen LogP contribution is -2.16. The zero-order chi connectivity index (χ0) is 37.5. The van der Waals surface area contributed by atoms with E-state index in [-0.39, 0.29) is 20.9 Å². The van der Waals surface area contributed by atoms with Crippen molar-refractivity contribution in [2.24, 2.45) is 0 Å². The molecule has 0 N–H and O–H groups in total. The molecule has 0 fully saturated rings. The third-order valence-electron chi connectivity index (χ3n) is 7.72. The van der Waals surface area contributed by atoms with Crippen molar-refractivity contribution in [2.45, 2.75) is 23.6 Å². The minimum Gasteiger partial charge on any atom is -0.497 e. The van der Waals surface area contributed by atoms with Crippen molar-refractivity contribution in [1.29, 1.82) is 0 Å². The highest BCUT2D eigenvalue weighted by molar-refractivity contribution is 7.87. The first kappa shape index (κ1) is 37.3. The van der Waals surface area contributed by atoms with Crippen molar-refractivity contribution >= 4 is 44.0 Å². The molecule has 0 aliphatic heterocycles. The number of aryl methyl sites for hydroxylation is 2. The van der Waals surface area contributed by atoms with E-state index in [1.165, 1.54) is 62.8 Å². The maximum Gasteiger partial charge on any atom is 0.339 e. The second kappa shape index (κ2) is 15.9. The molecule has 266 valence electrons. The fourth-order valence-corrected chi connectivity index (χ4v) is 6.66. The van der Waals surface area contributed by atoms with Gasteiger partial charge in [0.25, 0.3) is 0 Å². The predicted molar refractivity (Wildman–Crippen MR) is 197 cm³/mol. The summed E-state index contributed by atoms with van der Waals surface area (Å²) in [6.07, 6.45) is 5.32. The molecular weight excluding hydrogens is 705 g/mol. The van der Waals surface area contributed by atoms with E-state index in [0.717, 1.165) is 23.3 Å². The van der Waals surface area contributed by atoms with Crippen molar-refractivity contribution in [1.82, 2.24) is 0 Å². The number of ketones is 2. The van der Waals surface area contributed by atoms with Crippen LogP contribution in [0.15, 0.2) is 131 Å². The first-order chi connectivity index (χ1) is 24.8. The number of allylic oxidation sites excluding steroid dienone is 2. The molecule has 0 bridgehead atoms. The summed E-state index contributed by atoms with van der Waals surface area (Å²) in [5, 5.41) is 0. The molecule has 0 amide bonds. The Bertz CT molecular complexity index is 2190. The monoisotopic (exact) mass is 738 g/mol. The van der Waals surface area contributed by atoms with E-state index in [2.05, 4.69) is 0 Å². The van der Waals surface area contributed by atoms with Gasteiger partial charge in [-0.2, -0.15) is 16.8 Å². The highest BCUT2D eigenvalue weighted by Gasteiger charge is 2.27. The van der Waals surface area contributed by atoms with E-state index in [4.69, 9.17) is 17.8 Å². The average molecular weight is 739 g/mol. The Balaban J connectivity index is 1.65. The van der Waals surface area contributed by atoms with Crippen LogP contribution in [0.4, 0.5) is 0 Å². The number of benzene rings is 5. The summed E-state index contributed by atoms with van der Waals surface area (Å²) in [5.74, 6) is -1.41. The summed E-state index contributed by atoms with van der Waals surface area (Å²) in [6, 6.07) is 27.2. The molecule has 0 atom stereocenters. The van der Waals surface area contributed by atoms with E-state index in [0.29, 0.717) is 22.6 Å². The topological polar surface area (TPSA) is 139 Å². The van der Waals surface area contributed by atoms with Gasteiger partial charge in [-0.1, -0.05) is 71.8 Å². The SMILES string of the molecule is COc1ccc(/C=C/C(=O)c2cc(C(=O)/C=C/c3ccc(OC)cc3)c(OS(=O)(=O)c3ccc(C)cc3)cc2OS(=O)(=O)c2ccc(C)cc2)cc1. The summed E-state index contributed by atoms with van der Waals surface area (Å²) >= 11 is 0. The van der Waals surface area contributed by atoms with Crippen molar-refractivity contribution in [3.63, 3.8) is 0 Å². The molecule has 0 radical (unpaired) electrons. The Morgan fingerprint density at radius 3 is 1.17 bits per heavy atom. The molecular formula is C40H34O10S2. The number of methoxy groups -OCH3 is 2. The van der Waals surface area contributed by atoms with Gasteiger partial charge in [-0.15, -0.1) is 0 Å². The van der Waals surface area contributed by atoms with E-state index >= 15 is 0 Å². The Morgan fingerprint density at radius 2 is 0.846 bits per heavy atom. The van der Waals surface area contributed by atoms with Gasteiger partial charge in [-0.05, 0) is 91.7 Å². The van der Waals surface area contributed by atoms with Crippen molar-refractivity contribution in [3.05, 3.63) is 155 Å². The summed E-state index contributed by atoms with van der Waals surface area (Å²) in [5.41, 5.74) is 2.13. The molecule has 0 unspecified atom stereocenters. The van der Waals surface area contributed by atoms with Crippen LogP contribution in [0.2, 0.25) is 0 Å². The van der Waals surface area contributed by atoms with E-state index in [1.54, 1.807) is 86.6 Å². The van der Waals surface area contributed by atoms with E-state index in [9.17, 15) is 26.4 Å². The number of carbonyl (C=O) groups excluding carboxylic acids is 2. The van der Waals surface area contributed by atoms with Gasteiger partial charge >= 0.3 is 20.2 Å². The van der Waals surface area contributed by atoms with Crippen LogP contribution in [0.25, 0.3) is 12.2 Å². The molecule has 0 aromatic heterocycles. The summed E-state index contributed by atoms with van der Waals surface area (Å²) < 4.78 is 75.3. The van der Waals surface area contributed by atoms with Crippen LogP contribution >= 0.6 is 0 Å². The molecule has 0 heterocycles. The molecule has 5 aromatic carbocycles. The standard InChI is InChI=1S/C40H34O10S2/c1-27-5-19-33(20-6-27)51(43,44)49-39-26-40(50-52(45,46)34-21-7-28(2)8-22-34)36(38(42)24-14-30-11-17-32(48-4)18-12-30)25-35(39)37(41)23-13-29-9-15-31(47-3)16-10-29/h5-26H,1-4H3/b23-13+,24-14+. The maximum atomic E-state index is 13.8. The van der Waals surface area contributed by atoms with Crippen molar-refractivity contribution in [3.8, 4) is 23.0 Å². The highest BCUT2D eigenvalue weighted by atomic mass is 32.2. The van der Waals surface area contributed by atoms with Crippen LogP contribution in [0.3, 0.4) is 0 Å². The van der Waals surface area contributed by atoms with E-state index < -0.39 is 43.3 Å². The average Bonchev–Trinajstić information content (AvgIpc) is 3.13. The zero-order valence-corrected chi connectivity index (χ0v) is 30.2. The first-order valence-corrected chi connectivity index (χ1v) is 18.5. The van der Waals surface area contributed by atoms with Gasteiger partial charge in [-0.25, -0.2) is 0 Å². The van der Waals surface area contributed by atoms with Crippen molar-refractivity contribution < 1.29 is 44.3 Å². The van der Waals surface area contributed by atoms with E-state index in [1.807, 2.05) is 0 Å². The second-order valence-corrected chi connectivity index (χ2v) is 14.6. The lowest BCUT2D eigenvalue weighted by molar-refractivity contribution is 0.104. The van der Waals surface area contributed by atoms with Crippen LogP contribution in [0.5, 0.6) is 23.0 Å². The minimum atomic E-state index is -4.57. The van der Waals surface area contributed by atoms with Gasteiger partial charge in [0, 0.05) is 6.07 Å². The lowest BCUT2D eigenvalue weighted by atomic mass is 10.0. The largest absolute Gasteiger partial charge is 0.497 e. The quantitative estimate of drug-likeness (QED) is 0.0634. The van der Waals surface area contributed by atoms with Crippen LogP contribution < -0.4 is 17.8 Å². The molecule has 12 heteroatoms. The number of rotatable bonds is 14. The molecule has 52 heavy (non-hydrogen) atoms. The Morgan fingerprint density at radius 1 is 0.500 bits per heavy atom. The third kappa shape index (κ3) is 9.22. The highest BCUT2D eigenvalue weighted by Crippen LogP contribution is 2.35. The van der Waals surface area contributed by atoms with Crippen LogP contribution in [0, 0.1) is 13.8 Å². The van der Waals surface area contributed by atoms with Crippen LogP contribution in [-0.4, -0.2) is 42.6 Å². The molecule has 0 saturated carbocycles. The van der Waals surface area contributed by atoms with Gasteiger partial charge in [-0.3, -0.25) is 9.59 Å². The van der Waals surface area contributed by atoms with Crippen LogP contribution in [0.1, 0.15) is 43.0 Å². The molecule has 10 nitrogen and oxygen atoms in total. The number of hydrogen-bond donors (Lipinski definition) is 0. The Kier molecular flexibility index (Phi) is 11.4. The lowest BCUT2D eigenvalue weighted by Gasteiger charge is -2.16. The Hall–Kier alpha value is -5.98. The zero-order valence-electron chi connectivity index (χ0n) is 28.6. The van der Waals surface area contributed by atoms with Crippen LogP contribution in [-0.2, 0) is 20.2 Å². The first-order valence-electron chi connectivity index (χ1n) is 15.7. The molecule has 0 saturated heterocycles. The minimum absolute atomic E-state index is 0.220. The van der Waals surface area contributed by atoms with Gasteiger partial charge in [0.2, 0.25) is 0 Å². The number of hydrogen-bond acceptors (Lipinski definition) is 10. The summed E-state index contributed by atoms with van der Waals surface area (Å²) in [6.45, 7) is 3.56. The maximum absolute atomic E-state index is 13.8. The molecule has 0 aliphatic rings. The third-order valence-corrected chi connectivity index (χ3v) is 10.2. The molecule has 0 spiro atoms. The second-order valence-electron chi connectivity index (χ2n) is 11.5. The van der Waals surface area contributed by atoms with Gasteiger partial charge in [0.1, 0.15) is 21.3 Å². The fraction of sp³-hybridized carbons (Fsp3) is 0.100. The van der Waals surface area contributed by atoms with Crippen molar-refractivity contribution in [2.75, 3.05) is 14.2 Å². The normalized spacial score (nSPS) is 11.8. The Labute approximate surface area is 302 Å². The molecule has 5 aromatic rings. The number of carbonyl (C=O) groups is 2. The predicted octanol–water partition coefficient (Wildman–Crippen LogP) is 7.65. The summed E-state index contributed by atoms with van der Waals surface area (Å²) in [4.78, 5) is 27.2. The van der Waals surface area contributed by atoms with Gasteiger partial charge < -0.3 is 17.8 Å². The molecule has 0 aliphatic carbocycles. The number of ether oxygens (including phenoxy) is 2.